The molecule has 0 spiro atoms. The van der Waals surface area contributed by atoms with Crippen molar-refractivity contribution in [3.8, 4) is 0 Å². The van der Waals surface area contributed by atoms with Gasteiger partial charge in [0.05, 0.1) is 17.9 Å². The summed E-state index contributed by atoms with van der Waals surface area (Å²) in [6, 6.07) is 12.2. The van der Waals surface area contributed by atoms with Crippen LogP contribution in [-0.4, -0.2) is 33.4 Å². The molecule has 1 amide bonds. The molecule has 0 aliphatic carbocycles. The monoisotopic (exact) mass is 391 g/mol. The number of amides is 1. The molecule has 0 radical (unpaired) electrons. The van der Waals surface area contributed by atoms with E-state index in [9.17, 15) is 9.59 Å². The van der Waals surface area contributed by atoms with Crippen LogP contribution in [0.1, 0.15) is 39.0 Å². The number of para-hydroxylation sites is 1. The molecule has 3 rings (SSSR count). The fourth-order valence-electron chi connectivity index (χ4n) is 2.62. The van der Waals surface area contributed by atoms with Gasteiger partial charge in [-0.15, -0.1) is 0 Å². The number of aryl methyl sites for hydroxylation is 1. The molecule has 0 atom stereocenters. The van der Waals surface area contributed by atoms with Gasteiger partial charge in [-0.25, -0.2) is 14.8 Å². The normalized spacial score (nSPS) is 10.3. The van der Waals surface area contributed by atoms with Gasteiger partial charge in [-0.05, 0) is 43.7 Å². The van der Waals surface area contributed by atoms with Crippen LogP contribution in [0.3, 0.4) is 0 Å². The van der Waals surface area contributed by atoms with Crippen molar-refractivity contribution < 1.29 is 14.3 Å². The summed E-state index contributed by atoms with van der Waals surface area (Å²) in [5.74, 6) is -0.563. The quantitative estimate of drug-likeness (QED) is 0.596. The van der Waals surface area contributed by atoms with Gasteiger partial charge in [0.15, 0.2) is 0 Å². The van der Waals surface area contributed by atoms with Crippen LogP contribution >= 0.6 is 0 Å². The third-order valence-corrected chi connectivity index (χ3v) is 3.93. The molecule has 0 fully saturated rings. The van der Waals surface area contributed by atoms with Crippen LogP contribution in [0.5, 0.6) is 0 Å². The van der Waals surface area contributed by atoms with Crippen LogP contribution in [0.15, 0.2) is 54.9 Å². The average Bonchev–Trinajstić information content (AvgIpc) is 2.73. The lowest BCUT2D eigenvalue weighted by Gasteiger charge is -2.12. The number of benzene rings is 1. The van der Waals surface area contributed by atoms with Gasteiger partial charge in [0.1, 0.15) is 5.69 Å². The molecule has 0 bridgehead atoms. The molecule has 29 heavy (non-hydrogen) atoms. The van der Waals surface area contributed by atoms with Crippen LogP contribution in [-0.2, 0) is 11.3 Å². The summed E-state index contributed by atoms with van der Waals surface area (Å²) in [5.41, 5.74) is 2.58. The Morgan fingerprint density at radius 2 is 1.93 bits per heavy atom. The van der Waals surface area contributed by atoms with Crippen LogP contribution in [0.25, 0.3) is 0 Å². The first-order chi connectivity index (χ1) is 14.1. The number of carbonyl (C=O) groups excluding carboxylic acids is 2. The number of hydrogen-bond donors (Lipinski definition) is 2. The zero-order chi connectivity index (χ0) is 20.6. The molecule has 0 unspecified atom stereocenters. The smallest absolute Gasteiger partial charge is 0.340 e. The van der Waals surface area contributed by atoms with Crippen LogP contribution < -0.4 is 10.6 Å². The van der Waals surface area contributed by atoms with Crippen molar-refractivity contribution in [2.45, 2.75) is 20.4 Å². The lowest BCUT2D eigenvalue weighted by molar-refractivity contribution is 0.0527. The topological polar surface area (TPSA) is 106 Å². The minimum absolute atomic E-state index is 0.216. The number of rotatable bonds is 7. The summed E-state index contributed by atoms with van der Waals surface area (Å²) < 4.78 is 5.08. The minimum atomic E-state index is -0.447. The highest BCUT2D eigenvalue weighted by Gasteiger charge is 2.15. The molecule has 8 nitrogen and oxygen atoms in total. The van der Waals surface area contributed by atoms with Crippen molar-refractivity contribution >= 4 is 23.5 Å². The fourth-order valence-corrected chi connectivity index (χ4v) is 2.62. The van der Waals surface area contributed by atoms with E-state index < -0.39 is 5.97 Å². The van der Waals surface area contributed by atoms with Gasteiger partial charge in [-0.3, -0.25) is 9.78 Å². The minimum Gasteiger partial charge on any atom is -0.462 e. The van der Waals surface area contributed by atoms with Gasteiger partial charge in [0.25, 0.3) is 5.91 Å². The highest BCUT2D eigenvalue weighted by atomic mass is 16.5. The van der Waals surface area contributed by atoms with Gasteiger partial charge in [0.2, 0.25) is 5.95 Å². The van der Waals surface area contributed by atoms with E-state index in [0.29, 0.717) is 23.5 Å². The molecule has 2 heterocycles. The number of nitrogens with zero attached hydrogens (tertiary/aromatic N) is 3. The van der Waals surface area contributed by atoms with Crippen LogP contribution in [0.2, 0.25) is 0 Å². The Balaban J connectivity index is 1.78. The molecule has 1 aromatic carbocycles. The third kappa shape index (κ3) is 5.35. The Bertz CT molecular complexity index is 1010. The predicted octanol–water partition coefficient (Wildman–Crippen LogP) is 3.03. The van der Waals surface area contributed by atoms with Crippen molar-refractivity contribution in [3.05, 3.63) is 77.4 Å². The maximum absolute atomic E-state index is 12.5. The van der Waals surface area contributed by atoms with E-state index in [1.165, 1.54) is 0 Å². The van der Waals surface area contributed by atoms with Gasteiger partial charge < -0.3 is 15.4 Å². The van der Waals surface area contributed by atoms with Crippen molar-refractivity contribution in [2.24, 2.45) is 0 Å². The van der Waals surface area contributed by atoms with E-state index in [1.54, 1.807) is 62.6 Å². The first kappa shape index (κ1) is 19.9. The molecule has 8 heteroatoms. The van der Waals surface area contributed by atoms with Crippen molar-refractivity contribution in [2.75, 3.05) is 11.9 Å². The Morgan fingerprint density at radius 3 is 2.69 bits per heavy atom. The first-order valence-electron chi connectivity index (χ1n) is 9.12. The molecular formula is C21H21N5O3. The highest BCUT2D eigenvalue weighted by molar-refractivity contribution is 5.96. The zero-order valence-electron chi connectivity index (χ0n) is 16.2. The molecule has 0 aliphatic heterocycles. The summed E-state index contributed by atoms with van der Waals surface area (Å²) in [7, 11) is 0. The van der Waals surface area contributed by atoms with E-state index in [0.717, 1.165) is 5.56 Å². The Kier molecular flexibility index (Phi) is 6.47. The van der Waals surface area contributed by atoms with E-state index in [1.807, 2.05) is 6.07 Å². The van der Waals surface area contributed by atoms with Gasteiger partial charge >= 0.3 is 5.97 Å². The van der Waals surface area contributed by atoms with Crippen LogP contribution in [0.4, 0.5) is 11.6 Å². The number of esters is 1. The second-order valence-corrected chi connectivity index (χ2v) is 6.15. The number of hydrogen-bond acceptors (Lipinski definition) is 7. The number of ether oxygens (including phenoxy) is 1. The number of nitrogens with one attached hydrogen (secondary N) is 2. The molecule has 2 aromatic heterocycles. The van der Waals surface area contributed by atoms with Gasteiger partial charge in [-0.1, -0.05) is 18.2 Å². The Labute approximate surface area is 168 Å². The van der Waals surface area contributed by atoms with Crippen LogP contribution in [0, 0.1) is 6.92 Å². The molecule has 0 saturated carbocycles. The van der Waals surface area contributed by atoms with E-state index in [4.69, 9.17) is 4.74 Å². The zero-order valence-corrected chi connectivity index (χ0v) is 16.2. The maximum Gasteiger partial charge on any atom is 0.340 e. The number of anilines is 2. The first-order valence-corrected chi connectivity index (χ1v) is 9.12. The third-order valence-electron chi connectivity index (χ3n) is 3.93. The average molecular weight is 391 g/mol. The summed E-state index contributed by atoms with van der Waals surface area (Å²) in [6.07, 6.45) is 3.36. The van der Waals surface area contributed by atoms with E-state index >= 15 is 0 Å². The largest absolute Gasteiger partial charge is 0.462 e. The molecule has 0 aliphatic rings. The summed E-state index contributed by atoms with van der Waals surface area (Å²) >= 11 is 0. The van der Waals surface area contributed by atoms with E-state index in [2.05, 4.69) is 25.6 Å². The second-order valence-electron chi connectivity index (χ2n) is 6.15. The summed E-state index contributed by atoms with van der Waals surface area (Å²) in [4.78, 5) is 37.3. The molecule has 3 aromatic rings. The second kappa shape index (κ2) is 9.41. The lowest BCUT2D eigenvalue weighted by Crippen LogP contribution is -2.24. The Hall–Kier alpha value is -3.81. The van der Waals surface area contributed by atoms with Gasteiger partial charge in [0, 0.05) is 24.6 Å². The molecular weight excluding hydrogens is 370 g/mol. The SMILES string of the molecule is CCOC(=O)c1ccccc1Nc1nc(C)cc(C(=O)NCc2cccnc2)n1. The highest BCUT2D eigenvalue weighted by Crippen LogP contribution is 2.20. The number of aromatic nitrogens is 3. The molecule has 2 N–H and O–H groups in total. The predicted molar refractivity (Wildman–Crippen MR) is 108 cm³/mol. The van der Waals surface area contributed by atoms with Gasteiger partial charge in [-0.2, -0.15) is 0 Å². The number of pyridine rings is 1. The van der Waals surface area contributed by atoms with Crippen molar-refractivity contribution in [3.63, 3.8) is 0 Å². The summed E-state index contributed by atoms with van der Waals surface area (Å²) in [6.45, 7) is 4.12. The molecule has 148 valence electrons. The Morgan fingerprint density at radius 1 is 1.10 bits per heavy atom. The van der Waals surface area contributed by atoms with Crippen molar-refractivity contribution in [1.82, 2.24) is 20.3 Å². The lowest BCUT2D eigenvalue weighted by atomic mass is 10.2. The number of carbonyl (C=O) groups is 2. The van der Waals surface area contributed by atoms with Crippen molar-refractivity contribution in [1.29, 1.82) is 0 Å². The summed E-state index contributed by atoms with van der Waals surface area (Å²) in [5, 5.41) is 5.82. The molecule has 0 saturated heterocycles. The maximum atomic E-state index is 12.5. The fraction of sp³-hybridized carbons (Fsp3) is 0.190. The standard InChI is InChI=1S/C21H21N5O3/c1-3-29-20(28)16-8-4-5-9-17(16)25-21-24-14(2)11-18(26-21)19(27)23-13-15-7-6-10-22-12-15/h4-12H,3,13H2,1-2H3,(H,23,27)(H,24,25,26). The van der Waals surface area contributed by atoms with E-state index in [-0.39, 0.29) is 24.2 Å².